The molecule has 1 atom stereocenters. The molecule has 0 saturated carbocycles. The lowest BCUT2D eigenvalue weighted by Crippen LogP contribution is -2.11. The second-order valence-corrected chi connectivity index (χ2v) is 7.90. The van der Waals surface area contributed by atoms with E-state index in [-0.39, 0.29) is 5.41 Å². The molecule has 2 heteroatoms. The van der Waals surface area contributed by atoms with Gasteiger partial charge in [-0.3, -0.25) is 0 Å². The first kappa shape index (κ1) is 21.5. The summed E-state index contributed by atoms with van der Waals surface area (Å²) in [6.07, 6.45) is 5.53. The van der Waals surface area contributed by atoms with Crippen molar-refractivity contribution in [1.82, 2.24) is 0 Å². The number of aromatic hydroxyl groups is 1. The van der Waals surface area contributed by atoms with Crippen molar-refractivity contribution < 1.29 is 5.11 Å². The predicted molar refractivity (Wildman–Crippen MR) is 103 cm³/mol. The van der Waals surface area contributed by atoms with Gasteiger partial charge in [-0.25, -0.2) is 0 Å². The van der Waals surface area contributed by atoms with Crippen LogP contribution in [-0.2, 0) is 10.7 Å². The van der Waals surface area contributed by atoms with E-state index in [0.29, 0.717) is 11.1 Å². The minimum Gasteiger partial charge on any atom is -0.507 e. The van der Waals surface area contributed by atoms with E-state index in [1.807, 2.05) is 6.92 Å². The van der Waals surface area contributed by atoms with E-state index >= 15 is 0 Å². The molecule has 0 radical (unpaired) electrons. The highest BCUT2D eigenvalue weighted by molar-refractivity contribution is 9.08. The maximum Gasteiger partial charge on any atom is 0.122 e. The zero-order valence-corrected chi connectivity index (χ0v) is 17.2. The Hall–Kier alpha value is -0.500. The van der Waals surface area contributed by atoms with Crippen LogP contribution in [0.15, 0.2) is 12.1 Å². The van der Waals surface area contributed by atoms with Gasteiger partial charge in [-0.1, -0.05) is 95.3 Å². The Labute approximate surface area is 146 Å². The highest BCUT2D eigenvalue weighted by atomic mass is 79.9. The molecule has 0 heterocycles. The van der Waals surface area contributed by atoms with E-state index in [9.17, 15) is 5.11 Å². The number of hydrogen-bond donors (Lipinski definition) is 1. The molecule has 1 unspecified atom stereocenters. The fourth-order valence-electron chi connectivity index (χ4n) is 2.14. The first-order valence-electron chi connectivity index (χ1n) is 8.56. The van der Waals surface area contributed by atoms with Crippen LogP contribution in [0.5, 0.6) is 5.75 Å². The van der Waals surface area contributed by atoms with Crippen LogP contribution in [-0.4, -0.2) is 5.11 Å². The average molecular weight is 371 g/mol. The molecule has 22 heavy (non-hydrogen) atoms. The van der Waals surface area contributed by atoms with E-state index in [1.54, 1.807) is 0 Å². The van der Waals surface area contributed by atoms with Gasteiger partial charge >= 0.3 is 0 Å². The third-order valence-electron chi connectivity index (χ3n) is 4.14. The third kappa shape index (κ3) is 7.67. The van der Waals surface area contributed by atoms with Gasteiger partial charge in [0, 0.05) is 10.9 Å². The molecule has 0 saturated heterocycles. The van der Waals surface area contributed by atoms with Crippen LogP contribution in [0.2, 0.25) is 0 Å². The molecule has 0 bridgehead atoms. The van der Waals surface area contributed by atoms with Crippen molar-refractivity contribution in [3.8, 4) is 5.75 Å². The van der Waals surface area contributed by atoms with E-state index in [1.165, 1.54) is 31.2 Å². The van der Waals surface area contributed by atoms with Gasteiger partial charge in [0.2, 0.25) is 0 Å². The number of halogens is 1. The number of alkyl halides is 1. The topological polar surface area (TPSA) is 20.2 Å². The molecule has 0 aromatic heterocycles. The molecule has 0 spiro atoms. The fourth-order valence-corrected chi connectivity index (χ4v) is 2.57. The summed E-state index contributed by atoms with van der Waals surface area (Å²) in [6.45, 7) is 15.3. The minimum atomic E-state index is 0.134. The van der Waals surface area contributed by atoms with Gasteiger partial charge < -0.3 is 5.11 Å². The summed E-state index contributed by atoms with van der Waals surface area (Å²) in [4.78, 5) is 0. The summed E-state index contributed by atoms with van der Waals surface area (Å²) in [5, 5.41) is 10.5. The first-order chi connectivity index (χ1) is 10.2. The molecule has 128 valence electrons. The van der Waals surface area contributed by atoms with Crippen molar-refractivity contribution in [3.63, 3.8) is 0 Å². The van der Waals surface area contributed by atoms with Crippen molar-refractivity contribution >= 4 is 15.9 Å². The summed E-state index contributed by atoms with van der Waals surface area (Å²) in [5.74, 6) is 1.37. The molecule has 0 aliphatic carbocycles. The van der Waals surface area contributed by atoms with Crippen LogP contribution >= 0.6 is 15.9 Å². The quantitative estimate of drug-likeness (QED) is 0.547. The van der Waals surface area contributed by atoms with E-state index in [2.05, 4.69) is 69.6 Å². The number of unbranched alkanes of at least 4 members (excludes halogenated alkanes) is 1. The monoisotopic (exact) mass is 370 g/mol. The van der Waals surface area contributed by atoms with Gasteiger partial charge in [0.25, 0.3) is 0 Å². The Balaban J connectivity index is 0.000000472. The normalized spacial score (nSPS) is 12.5. The van der Waals surface area contributed by atoms with Gasteiger partial charge in [-0.05, 0) is 29.4 Å². The SMILES string of the molecule is CCCCC(C)CC.Cc1cc(C(C)(C)C)cc(CBr)c1O. The van der Waals surface area contributed by atoms with Gasteiger partial charge in [0.15, 0.2) is 0 Å². The van der Waals surface area contributed by atoms with Crippen LogP contribution in [0.25, 0.3) is 0 Å². The largest absolute Gasteiger partial charge is 0.507 e. The summed E-state index contributed by atoms with van der Waals surface area (Å²) >= 11 is 3.38. The molecule has 0 fully saturated rings. The van der Waals surface area contributed by atoms with Crippen LogP contribution in [0.1, 0.15) is 83.9 Å². The zero-order valence-electron chi connectivity index (χ0n) is 15.6. The molecule has 0 amide bonds. The van der Waals surface area contributed by atoms with Crippen molar-refractivity contribution in [2.75, 3.05) is 0 Å². The number of phenols is 1. The standard InChI is InChI=1S/C12H17BrO.C8H18/c1-8-5-10(12(2,3)4)6-9(7-13)11(8)14;1-4-6-7-8(3)5-2/h5-6,14H,7H2,1-4H3;8H,4-7H2,1-3H3. The van der Waals surface area contributed by atoms with Crippen molar-refractivity contribution in [2.24, 2.45) is 5.92 Å². The van der Waals surface area contributed by atoms with E-state index in [4.69, 9.17) is 0 Å². The van der Waals surface area contributed by atoms with Crippen molar-refractivity contribution in [1.29, 1.82) is 0 Å². The first-order valence-corrected chi connectivity index (χ1v) is 9.68. The third-order valence-corrected chi connectivity index (χ3v) is 4.74. The average Bonchev–Trinajstić information content (AvgIpc) is 2.46. The second kappa shape index (κ2) is 10.3. The molecular formula is C20H35BrO. The van der Waals surface area contributed by atoms with Gasteiger partial charge in [-0.15, -0.1) is 0 Å². The lowest BCUT2D eigenvalue weighted by molar-refractivity contribution is 0.465. The van der Waals surface area contributed by atoms with E-state index < -0.39 is 0 Å². The Morgan fingerprint density at radius 1 is 1.18 bits per heavy atom. The number of rotatable bonds is 5. The Kier molecular flexibility index (Phi) is 10.1. The second-order valence-electron chi connectivity index (χ2n) is 7.34. The predicted octanol–water partition coefficient (Wildman–Crippen LogP) is 7.12. The molecule has 1 rings (SSSR count). The van der Waals surface area contributed by atoms with Crippen molar-refractivity contribution in [3.05, 3.63) is 28.8 Å². The smallest absolute Gasteiger partial charge is 0.122 e. The summed E-state index contributed by atoms with van der Waals surface area (Å²) in [5.41, 5.74) is 3.32. The fraction of sp³-hybridized carbons (Fsp3) is 0.700. The maximum atomic E-state index is 9.76. The molecule has 1 aromatic carbocycles. The highest BCUT2D eigenvalue weighted by Gasteiger charge is 2.16. The van der Waals surface area contributed by atoms with Gasteiger partial charge in [0.1, 0.15) is 5.75 Å². The molecule has 1 N–H and O–H groups in total. The molecule has 1 aromatic rings. The molecule has 0 aliphatic rings. The lowest BCUT2D eigenvalue weighted by Gasteiger charge is -2.21. The Morgan fingerprint density at radius 3 is 2.18 bits per heavy atom. The lowest BCUT2D eigenvalue weighted by atomic mass is 9.85. The summed E-state index contributed by atoms with van der Waals surface area (Å²) < 4.78 is 0. The molecule has 1 nitrogen and oxygen atoms in total. The number of hydrogen-bond acceptors (Lipinski definition) is 1. The van der Waals surface area contributed by atoms with E-state index in [0.717, 1.165) is 17.0 Å². The zero-order chi connectivity index (χ0) is 17.3. The number of aryl methyl sites for hydroxylation is 1. The van der Waals surface area contributed by atoms with Gasteiger partial charge in [-0.2, -0.15) is 0 Å². The van der Waals surface area contributed by atoms with Gasteiger partial charge in [0.05, 0.1) is 0 Å². The van der Waals surface area contributed by atoms with Crippen LogP contribution in [0.4, 0.5) is 0 Å². The molecule has 0 aliphatic heterocycles. The summed E-state index contributed by atoms with van der Waals surface area (Å²) in [6, 6.07) is 4.12. The minimum absolute atomic E-state index is 0.134. The Morgan fingerprint density at radius 2 is 1.77 bits per heavy atom. The molecular weight excluding hydrogens is 336 g/mol. The van der Waals surface area contributed by atoms with Crippen molar-refractivity contribution in [2.45, 2.75) is 84.9 Å². The number of phenolic OH excluding ortho intramolecular Hbond substituents is 1. The summed E-state index contributed by atoms with van der Waals surface area (Å²) in [7, 11) is 0. The highest BCUT2D eigenvalue weighted by Crippen LogP contribution is 2.31. The van der Waals surface area contributed by atoms with Crippen LogP contribution in [0.3, 0.4) is 0 Å². The Bertz CT molecular complexity index is 432. The maximum absolute atomic E-state index is 9.76. The van der Waals surface area contributed by atoms with Crippen LogP contribution in [0, 0.1) is 12.8 Å². The van der Waals surface area contributed by atoms with Crippen LogP contribution < -0.4 is 0 Å². The number of benzene rings is 1.